The number of carbonyl (C=O) groups is 2. The van der Waals surface area contributed by atoms with Crippen molar-refractivity contribution in [3.63, 3.8) is 0 Å². The van der Waals surface area contributed by atoms with Crippen molar-refractivity contribution in [1.29, 1.82) is 0 Å². The molecule has 160 valence electrons. The van der Waals surface area contributed by atoms with Crippen molar-refractivity contribution < 1.29 is 18.9 Å². The van der Waals surface area contributed by atoms with Crippen LogP contribution in [0.1, 0.15) is 19.4 Å². The number of ether oxygens (including phenoxy) is 1. The lowest BCUT2D eigenvalue weighted by atomic mass is 10.1. The van der Waals surface area contributed by atoms with E-state index < -0.39 is 6.04 Å². The van der Waals surface area contributed by atoms with Gasteiger partial charge in [0.25, 0.3) is 17.8 Å². The number of amides is 3. The number of benzene rings is 1. The first-order valence-corrected chi connectivity index (χ1v) is 10.5. The minimum atomic E-state index is -0.623. The summed E-state index contributed by atoms with van der Waals surface area (Å²) in [4.78, 5) is 35.2. The molecule has 2 saturated heterocycles. The second-order valence-electron chi connectivity index (χ2n) is 8.24. The topological polar surface area (TPSA) is 68.5 Å². The number of amidine groups is 2. The van der Waals surface area contributed by atoms with Crippen LogP contribution in [0.25, 0.3) is 0 Å². The van der Waals surface area contributed by atoms with E-state index in [0.29, 0.717) is 23.9 Å². The number of likely N-dealkylation sites (N-methyl/N-ethyl adjacent to an activating group) is 2. The van der Waals surface area contributed by atoms with Crippen molar-refractivity contribution in [1.82, 2.24) is 14.7 Å². The van der Waals surface area contributed by atoms with Crippen molar-refractivity contribution in [3.05, 3.63) is 34.9 Å². The summed E-state index contributed by atoms with van der Waals surface area (Å²) in [7, 11) is 3.18. The summed E-state index contributed by atoms with van der Waals surface area (Å²) in [5.74, 6) is 0.992. The van der Waals surface area contributed by atoms with Gasteiger partial charge >= 0.3 is 11.9 Å². The lowest BCUT2D eigenvalue weighted by Gasteiger charge is -2.34. The predicted molar refractivity (Wildman–Crippen MR) is 114 cm³/mol. The maximum absolute atomic E-state index is 13.1. The summed E-state index contributed by atoms with van der Waals surface area (Å²) in [5, 5.41) is 0.643. The number of carbonyl (C=O) groups excluding carboxylic acids is 2. The number of halogens is 1. The zero-order valence-electron chi connectivity index (χ0n) is 17.7. The number of hydrogen-bond donors (Lipinski definition) is 0. The Bertz CT molecular complexity index is 936. The largest absolute Gasteiger partial charge is 0.373 e. The summed E-state index contributed by atoms with van der Waals surface area (Å²) in [5.41, 5.74) is 0.982. The Hall–Kier alpha value is -2.29. The fourth-order valence-electron chi connectivity index (χ4n) is 4.40. The van der Waals surface area contributed by atoms with Gasteiger partial charge in [0.2, 0.25) is 0 Å². The molecule has 9 heteroatoms. The van der Waals surface area contributed by atoms with Gasteiger partial charge in [-0.2, -0.15) is 0 Å². The molecule has 3 unspecified atom stereocenters. The van der Waals surface area contributed by atoms with Gasteiger partial charge in [-0.05, 0) is 36.5 Å². The first kappa shape index (κ1) is 21.0. The normalized spacial score (nSPS) is 27.6. The number of nitrogens with zero attached hydrogens (tertiary/aromatic N) is 5. The Balaban J connectivity index is 1.70. The quantitative estimate of drug-likeness (QED) is 0.679. The molecule has 3 amide bonds. The molecule has 4 rings (SSSR count). The molecular weight excluding hydrogens is 406 g/mol. The summed E-state index contributed by atoms with van der Waals surface area (Å²) in [6.07, 6.45) is 0.258. The van der Waals surface area contributed by atoms with Gasteiger partial charge in [0.15, 0.2) is 0 Å². The van der Waals surface area contributed by atoms with E-state index in [0.717, 1.165) is 29.4 Å². The molecule has 0 aliphatic carbocycles. The average Bonchev–Trinajstić information content (AvgIpc) is 3.02. The molecule has 3 aliphatic rings. The Morgan fingerprint density at radius 2 is 1.87 bits per heavy atom. The van der Waals surface area contributed by atoms with Crippen LogP contribution in [0.4, 0.5) is 4.79 Å². The molecule has 3 heterocycles. The van der Waals surface area contributed by atoms with Gasteiger partial charge in [-0.1, -0.05) is 23.7 Å². The number of imide groups is 1. The number of hydrogen-bond acceptors (Lipinski definition) is 5. The SMILES string of the molecule is CC1CN(CC2=[N+](Cc3cccc(Cl)c3)C3C(=O)N(C)C(=O)N(C)C3=N2)CC(C)O1. The number of aliphatic imine (C=N–C) groups is 1. The van der Waals surface area contributed by atoms with Crippen molar-refractivity contribution in [2.45, 2.75) is 38.6 Å². The molecule has 1 aromatic carbocycles. The maximum atomic E-state index is 13.1. The monoisotopic (exact) mass is 432 g/mol. The second kappa shape index (κ2) is 8.09. The predicted octanol–water partition coefficient (Wildman–Crippen LogP) is 1.66. The zero-order valence-corrected chi connectivity index (χ0v) is 18.5. The highest BCUT2D eigenvalue weighted by Gasteiger charge is 2.53. The zero-order chi connectivity index (χ0) is 21.6. The molecule has 0 N–H and O–H groups in total. The van der Waals surface area contributed by atoms with Crippen LogP contribution in [0.3, 0.4) is 0 Å². The van der Waals surface area contributed by atoms with Gasteiger partial charge in [0, 0.05) is 32.2 Å². The first-order chi connectivity index (χ1) is 14.2. The van der Waals surface area contributed by atoms with E-state index in [2.05, 4.69) is 18.7 Å². The molecule has 1 aromatic rings. The lowest BCUT2D eigenvalue weighted by Crippen LogP contribution is -2.61. The maximum Gasteiger partial charge on any atom is 0.333 e. The van der Waals surface area contributed by atoms with E-state index >= 15 is 0 Å². The third kappa shape index (κ3) is 3.87. The van der Waals surface area contributed by atoms with Crippen LogP contribution < -0.4 is 0 Å². The third-order valence-corrected chi connectivity index (χ3v) is 5.95. The van der Waals surface area contributed by atoms with Gasteiger partial charge < -0.3 is 4.74 Å². The van der Waals surface area contributed by atoms with Gasteiger partial charge in [-0.15, -0.1) is 0 Å². The molecule has 3 atom stereocenters. The number of urea groups is 1. The number of morpholine rings is 1. The van der Waals surface area contributed by atoms with E-state index in [9.17, 15) is 9.59 Å². The summed E-state index contributed by atoms with van der Waals surface area (Å²) in [6.45, 7) is 6.75. The Kier molecular flexibility index (Phi) is 5.65. The molecular formula is C21H27ClN5O3+. The summed E-state index contributed by atoms with van der Waals surface area (Å²) < 4.78 is 7.84. The van der Waals surface area contributed by atoms with Crippen LogP contribution in [0.15, 0.2) is 29.3 Å². The van der Waals surface area contributed by atoms with Crippen LogP contribution in [0, 0.1) is 0 Å². The molecule has 0 bridgehead atoms. The highest BCUT2D eigenvalue weighted by atomic mass is 35.5. The number of fused-ring (bicyclic) bond motifs is 1. The molecule has 0 saturated carbocycles. The molecule has 0 spiro atoms. The molecule has 3 aliphatic heterocycles. The van der Waals surface area contributed by atoms with Crippen LogP contribution in [0.5, 0.6) is 0 Å². The highest BCUT2D eigenvalue weighted by Crippen LogP contribution is 2.22. The molecule has 30 heavy (non-hydrogen) atoms. The first-order valence-electron chi connectivity index (χ1n) is 10.1. The van der Waals surface area contributed by atoms with Crippen LogP contribution in [-0.2, 0) is 16.1 Å². The van der Waals surface area contributed by atoms with Crippen molar-refractivity contribution in [2.75, 3.05) is 33.7 Å². The van der Waals surface area contributed by atoms with E-state index in [1.807, 2.05) is 28.8 Å². The average molecular weight is 433 g/mol. The van der Waals surface area contributed by atoms with E-state index in [1.165, 1.54) is 11.9 Å². The third-order valence-electron chi connectivity index (χ3n) is 5.72. The van der Waals surface area contributed by atoms with Crippen molar-refractivity contribution in [3.8, 4) is 0 Å². The van der Waals surface area contributed by atoms with E-state index in [1.54, 1.807) is 7.05 Å². The van der Waals surface area contributed by atoms with Gasteiger partial charge in [0.05, 0.1) is 12.2 Å². The van der Waals surface area contributed by atoms with Crippen LogP contribution >= 0.6 is 11.6 Å². The van der Waals surface area contributed by atoms with Gasteiger partial charge in [0.1, 0.15) is 13.1 Å². The lowest BCUT2D eigenvalue weighted by molar-refractivity contribution is -0.552. The Labute approximate surface area is 181 Å². The second-order valence-corrected chi connectivity index (χ2v) is 8.67. The molecule has 8 nitrogen and oxygen atoms in total. The summed E-state index contributed by atoms with van der Waals surface area (Å²) in [6, 6.07) is 6.60. The van der Waals surface area contributed by atoms with E-state index in [-0.39, 0.29) is 24.1 Å². The van der Waals surface area contributed by atoms with Gasteiger partial charge in [-0.25, -0.2) is 9.37 Å². The highest BCUT2D eigenvalue weighted by molar-refractivity contribution is 6.30. The van der Waals surface area contributed by atoms with Crippen molar-refractivity contribution in [2.24, 2.45) is 4.99 Å². The minimum Gasteiger partial charge on any atom is -0.373 e. The fourth-order valence-corrected chi connectivity index (χ4v) is 4.62. The van der Waals surface area contributed by atoms with Crippen LogP contribution in [0.2, 0.25) is 5.02 Å². The molecule has 0 aromatic heterocycles. The Morgan fingerprint density at radius 1 is 1.17 bits per heavy atom. The fraction of sp³-hybridized carbons (Fsp3) is 0.524. The number of rotatable bonds is 4. The standard InChI is InChI=1S/C21H27ClN5O3/c1-13-9-26(10-14(2)30-13)12-17-23-19-18(20(28)25(4)21(29)24(19)3)27(17)11-15-6-5-7-16(22)8-15/h5-8,13-14,18H,9-12H2,1-4H3/q+1. The molecule has 2 fully saturated rings. The van der Waals surface area contributed by atoms with E-state index in [4.69, 9.17) is 21.3 Å². The Morgan fingerprint density at radius 3 is 2.53 bits per heavy atom. The minimum absolute atomic E-state index is 0.129. The van der Waals surface area contributed by atoms with Crippen LogP contribution in [-0.4, -0.2) is 94.9 Å². The molecule has 0 radical (unpaired) electrons. The summed E-state index contributed by atoms with van der Waals surface area (Å²) >= 11 is 6.18. The van der Waals surface area contributed by atoms with Gasteiger partial charge in [-0.3, -0.25) is 19.5 Å². The smallest absolute Gasteiger partial charge is 0.333 e. The van der Waals surface area contributed by atoms with Crippen molar-refractivity contribution >= 4 is 35.2 Å².